The maximum absolute atomic E-state index is 12.0. The van der Waals surface area contributed by atoms with Gasteiger partial charge in [-0.3, -0.25) is 14.4 Å². The molecule has 0 atom stereocenters. The average Bonchev–Trinajstić information content (AvgIpc) is 2.35. The highest BCUT2D eigenvalue weighted by Gasteiger charge is 2.15. The Labute approximate surface area is 111 Å². The van der Waals surface area contributed by atoms with Crippen molar-refractivity contribution >= 4 is 11.8 Å². The minimum Gasteiger partial charge on any atom is -0.354 e. The van der Waals surface area contributed by atoms with Crippen molar-refractivity contribution in [2.75, 3.05) is 20.1 Å². The SMILES string of the molecule is CC(C)CNC(=O)CN(C)C(=O)c1cc[nH]c(=O)c1. The van der Waals surface area contributed by atoms with Crippen LogP contribution in [0.5, 0.6) is 0 Å². The number of pyridine rings is 1. The fourth-order valence-corrected chi connectivity index (χ4v) is 1.46. The van der Waals surface area contributed by atoms with E-state index in [0.29, 0.717) is 12.5 Å². The Hall–Kier alpha value is -2.11. The number of rotatable bonds is 5. The van der Waals surface area contributed by atoms with E-state index in [0.717, 1.165) is 0 Å². The summed E-state index contributed by atoms with van der Waals surface area (Å²) < 4.78 is 0. The van der Waals surface area contributed by atoms with Crippen LogP contribution >= 0.6 is 0 Å². The quantitative estimate of drug-likeness (QED) is 0.799. The maximum atomic E-state index is 12.0. The smallest absolute Gasteiger partial charge is 0.254 e. The number of amides is 2. The number of hydrogen-bond acceptors (Lipinski definition) is 3. The molecule has 0 aliphatic rings. The van der Waals surface area contributed by atoms with Crippen LogP contribution in [-0.2, 0) is 4.79 Å². The lowest BCUT2D eigenvalue weighted by Crippen LogP contribution is -2.39. The molecule has 0 saturated carbocycles. The van der Waals surface area contributed by atoms with Gasteiger partial charge in [0.25, 0.3) is 5.91 Å². The number of nitrogens with one attached hydrogen (secondary N) is 2. The van der Waals surface area contributed by atoms with Gasteiger partial charge in [0.15, 0.2) is 0 Å². The fraction of sp³-hybridized carbons (Fsp3) is 0.462. The third-order valence-electron chi connectivity index (χ3n) is 2.46. The van der Waals surface area contributed by atoms with Crippen LogP contribution in [0.4, 0.5) is 0 Å². The first-order valence-corrected chi connectivity index (χ1v) is 6.11. The van der Waals surface area contributed by atoms with Crippen molar-refractivity contribution in [3.05, 3.63) is 34.2 Å². The number of hydrogen-bond donors (Lipinski definition) is 2. The van der Waals surface area contributed by atoms with Crippen molar-refractivity contribution in [2.45, 2.75) is 13.8 Å². The molecule has 0 bridgehead atoms. The van der Waals surface area contributed by atoms with E-state index in [1.54, 1.807) is 0 Å². The first kappa shape index (κ1) is 14.9. The van der Waals surface area contributed by atoms with E-state index in [4.69, 9.17) is 0 Å². The van der Waals surface area contributed by atoms with E-state index < -0.39 is 0 Å². The Bertz CT molecular complexity index is 508. The van der Waals surface area contributed by atoms with Crippen LogP contribution in [-0.4, -0.2) is 41.8 Å². The molecule has 1 aromatic heterocycles. The molecule has 0 radical (unpaired) electrons. The fourth-order valence-electron chi connectivity index (χ4n) is 1.46. The second-order valence-electron chi connectivity index (χ2n) is 4.80. The monoisotopic (exact) mass is 265 g/mol. The average molecular weight is 265 g/mol. The number of aromatic amines is 1. The number of carbonyl (C=O) groups excluding carboxylic acids is 2. The zero-order valence-corrected chi connectivity index (χ0v) is 11.4. The van der Waals surface area contributed by atoms with Gasteiger partial charge < -0.3 is 15.2 Å². The van der Waals surface area contributed by atoms with E-state index in [-0.39, 0.29) is 29.5 Å². The van der Waals surface area contributed by atoms with Gasteiger partial charge in [0.1, 0.15) is 0 Å². The van der Waals surface area contributed by atoms with Crippen molar-refractivity contribution in [1.82, 2.24) is 15.2 Å². The first-order valence-electron chi connectivity index (χ1n) is 6.11. The summed E-state index contributed by atoms with van der Waals surface area (Å²) in [5.41, 5.74) is -0.0774. The number of likely N-dealkylation sites (N-methyl/N-ethyl adjacent to an activating group) is 1. The van der Waals surface area contributed by atoms with Gasteiger partial charge >= 0.3 is 0 Å². The van der Waals surface area contributed by atoms with Crippen LogP contribution in [0, 0.1) is 5.92 Å². The topological polar surface area (TPSA) is 82.3 Å². The Morgan fingerprint density at radius 3 is 2.68 bits per heavy atom. The summed E-state index contributed by atoms with van der Waals surface area (Å²) in [5.74, 6) is -0.210. The Kier molecular flexibility index (Phi) is 5.29. The molecule has 2 amide bonds. The molecule has 1 heterocycles. The molecule has 0 saturated heterocycles. The number of carbonyl (C=O) groups is 2. The maximum Gasteiger partial charge on any atom is 0.254 e. The molecule has 0 unspecified atom stereocenters. The molecule has 0 fully saturated rings. The highest BCUT2D eigenvalue weighted by Crippen LogP contribution is 1.99. The van der Waals surface area contributed by atoms with Gasteiger partial charge in [0.05, 0.1) is 6.54 Å². The van der Waals surface area contributed by atoms with Gasteiger partial charge in [-0.1, -0.05) is 13.8 Å². The molecule has 6 heteroatoms. The lowest BCUT2D eigenvalue weighted by atomic mass is 10.2. The van der Waals surface area contributed by atoms with E-state index >= 15 is 0 Å². The van der Waals surface area contributed by atoms with Gasteiger partial charge in [-0.05, 0) is 12.0 Å². The third kappa shape index (κ3) is 4.95. The van der Waals surface area contributed by atoms with Gasteiger partial charge in [0, 0.05) is 31.4 Å². The Morgan fingerprint density at radius 1 is 1.42 bits per heavy atom. The number of nitrogens with zero attached hydrogens (tertiary/aromatic N) is 1. The summed E-state index contributed by atoms with van der Waals surface area (Å²) in [7, 11) is 1.53. The van der Waals surface area contributed by atoms with E-state index in [1.165, 1.54) is 30.3 Å². The Morgan fingerprint density at radius 2 is 2.11 bits per heavy atom. The van der Waals surface area contributed by atoms with Gasteiger partial charge in [0.2, 0.25) is 11.5 Å². The van der Waals surface area contributed by atoms with E-state index in [1.807, 2.05) is 13.8 Å². The summed E-state index contributed by atoms with van der Waals surface area (Å²) in [5, 5.41) is 2.73. The summed E-state index contributed by atoms with van der Waals surface area (Å²) in [6.07, 6.45) is 1.41. The molecule has 6 nitrogen and oxygen atoms in total. The zero-order valence-electron chi connectivity index (χ0n) is 11.4. The molecule has 19 heavy (non-hydrogen) atoms. The van der Waals surface area contributed by atoms with Crippen LogP contribution in [0.15, 0.2) is 23.1 Å². The third-order valence-corrected chi connectivity index (χ3v) is 2.46. The van der Waals surface area contributed by atoms with Crippen LogP contribution in [0.2, 0.25) is 0 Å². The van der Waals surface area contributed by atoms with Crippen molar-refractivity contribution in [3.63, 3.8) is 0 Å². The normalized spacial score (nSPS) is 10.3. The molecule has 0 aliphatic heterocycles. The lowest BCUT2D eigenvalue weighted by Gasteiger charge is -2.17. The molecule has 0 aromatic carbocycles. The highest BCUT2D eigenvalue weighted by atomic mass is 16.2. The minimum atomic E-state index is -0.356. The number of H-pyrrole nitrogens is 1. The predicted octanol–water partition coefficient (Wildman–Crippen LogP) is 0.219. The second kappa shape index (κ2) is 6.72. The standard InChI is InChI=1S/C13H19N3O3/c1-9(2)7-15-12(18)8-16(3)13(19)10-4-5-14-11(17)6-10/h4-6,9H,7-8H2,1-3H3,(H,14,17)(H,15,18). The van der Waals surface area contributed by atoms with Gasteiger partial charge in [-0.25, -0.2) is 0 Å². The van der Waals surface area contributed by atoms with Crippen LogP contribution in [0.25, 0.3) is 0 Å². The van der Waals surface area contributed by atoms with Gasteiger partial charge in [-0.15, -0.1) is 0 Å². The van der Waals surface area contributed by atoms with E-state index in [9.17, 15) is 14.4 Å². The van der Waals surface area contributed by atoms with E-state index in [2.05, 4.69) is 10.3 Å². The van der Waals surface area contributed by atoms with Crippen molar-refractivity contribution in [1.29, 1.82) is 0 Å². The Balaban J connectivity index is 2.58. The van der Waals surface area contributed by atoms with Gasteiger partial charge in [-0.2, -0.15) is 0 Å². The van der Waals surface area contributed by atoms with Crippen molar-refractivity contribution < 1.29 is 9.59 Å². The second-order valence-corrected chi connectivity index (χ2v) is 4.80. The molecule has 0 aliphatic carbocycles. The first-order chi connectivity index (χ1) is 8.90. The highest BCUT2D eigenvalue weighted by molar-refractivity contribution is 5.96. The molecular formula is C13H19N3O3. The minimum absolute atomic E-state index is 0.0294. The van der Waals surface area contributed by atoms with Crippen molar-refractivity contribution in [2.24, 2.45) is 5.92 Å². The molecular weight excluding hydrogens is 246 g/mol. The summed E-state index contributed by atoms with van der Waals surface area (Å²) in [6.45, 7) is 4.53. The zero-order chi connectivity index (χ0) is 14.4. The van der Waals surface area contributed by atoms with Crippen molar-refractivity contribution in [3.8, 4) is 0 Å². The predicted molar refractivity (Wildman–Crippen MR) is 71.9 cm³/mol. The molecule has 1 aromatic rings. The largest absolute Gasteiger partial charge is 0.354 e. The number of aromatic nitrogens is 1. The molecule has 2 N–H and O–H groups in total. The summed E-state index contributed by atoms with van der Waals surface area (Å²) in [4.78, 5) is 38.4. The lowest BCUT2D eigenvalue weighted by molar-refractivity contribution is -0.121. The molecule has 0 spiro atoms. The summed E-state index contributed by atoms with van der Waals surface area (Å²) >= 11 is 0. The molecule has 1 rings (SSSR count). The van der Waals surface area contributed by atoms with Crippen LogP contribution in [0.1, 0.15) is 24.2 Å². The summed E-state index contributed by atoms with van der Waals surface area (Å²) in [6, 6.07) is 2.72. The molecule has 104 valence electrons. The van der Waals surface area contributed by atoms with Crippen LogP contribution < -0.4 is 10.9 Å². The van der Waals surface area contributed by atoms with Crippen LogP contribution in [0.3, 0.4) is 0 Å².